The van der Waals surface area contributed by atoms with Crippen LogP contribution in [0.15, 0.2) is 59.0 Å². The fraction of sp³-hybridized carbons (Fsp3) is 0.304. The van der Waals surface area contributed by atoms with Gasteiger partial charge in [0.15, 0.2) is 6.61 Å². The summed E-state index contributed by atoms with van der Waals surface area (Å²) in [6.07, 6.45) is 0.187. The molecule has 0 saturated heterocycles. The fourth-order valence-corrected chi connectivity index (χ4v) is 2.89. The van der Waals surface area contributed by atoms with Crippen molar-refractivity contribution in [2.24, 2.45) is 5.92 Å². The summed E-state index contributed by atoms with van der Waals surface area (Å²) in [5.41, 5.74) is 1.59. The number of carbonyl (C=O) groups is 2. The molecule has 1 heterocycles. The highest BCUT2D eigenvalue weighted by Gasteiger charge is 2.26. The minimum absolute atomic E-state index is 0.148. The van der Waals surface area contributed by atoms with Crippen LogP contribution in [0.2, 0.25) is 0 Å². The van der Waals surface area contributed by atoms with Crippen LogP contribution in [0.3, 0.4) is 0 Å². The van der Waals surface area contributed by atoms with Gasteiger partial charge in [-0.15, -0.1) is 10.2 Å². The van der Waals surface area contributed by atoms with Crippen molar-refractivity contribution in [2.75, 3.05) is 7.11 Å². The Labute approximate surface area is 180 Å². The highest BCUT2D eigenvalue weighted by Crippen LogP contribution is 2.21. The van der Waals surface area contributed by atoms with Gasteiger partial charge in [-0.25, -0.2) is 4.79 Å². The van der Waals surface area contributed by atoms with Gasteiger partial charge in [0.25, 0.3) is 5.89 Å². The lowest BCUT2D eigenvalue weighted by Gasteiger charge is -2.20. The quantitative estimate of drug-likeness (QED) is 0.527. The number of methoxy groups -OCH3 is 1. The monoisotopic (exact) mass is 423 g/mol. The van der Waals surface area contributed by atoms with E-state index in [2.05, 4.69) is 15.5 Å². The van der Waals surface area contributed by atoms with Crippen molar-refractivity contribution in [1.29, 1.82) is 0 Å². The number of nitrogens with one attached hydrogen (secondary N) is 1. The van der Waals surface area contributed by atoms with Gasteiger partial charge in [0.1, 0.15) is 11.8 Å². The zero-order valence-electron chi connectivity index (χ0n) is 17.7. The van der Waals surface area contributed by atoms with Gasteiger partial charge in [-0.1, -0.05) is 44.2 Å². The summed E-state index contributed by atoms with van der Waals surface area (Å²) in [4.78, 5) is 24.9. The molecule has 8 heteroatoms. The summed E-state index contributed by atoms with van der Waals surface area (Å²) in [5.74, 6) is 0.237. The van der Waals surface area contributed by atoms with Crippen molar-refractivity contribution < 1.29 is 23.5 Å². The second-order valence-corrected chi connectivity index (χ2v) is 7.29. The van der Waals surface area contributed by atoms with Crippen LogP contribution in [-0.2, 0) is 27.4 Å². The summed E-state index contributed by atoms with van der Waals surface area (Å²) in [6, 6.07) is 15.7. The molecule has 0 aliphatic carbocycles. The molecule has 0 aliphatic rings. The largest absolute Gasteiger partial charge is 0.497 e. The Bertz CT molecular complexity index is 1000. The van der Waals surface area contributed by atoms with Crippen molar-refractivity contribution in [3.8, 4) is 17.2 Å². The van der Waals surface area contributed by atoms with Gasteiger partial charge in [0, 0.05) is 5.56 Å². The van der Waals surface area contributed by atoms with E-state index in [4.69, 9.17) is 13.9 Å². The zero-order chi connectivity index (χ0) is 22.2. The number of aromatic nitrogens is 2. The SMILES string of the molecule is COc1ccc(-c2nnc(COC(=O)[C@@H](NC(=O)Cc3ccccc3)C(C)C)o2)cc1. The molecule has 0 radical (unpaired) electrons. The number of esters is 1. The highest BCUT2D eigenvalue weighted by atomic mass is 16.5. The van der Waals surface area contributed by atoms with Crippen LogP contribution in [0, 0.1) is 5.92 Å². The van der Waals surface area contributed by atoms with E-state index in [0.29, 0.717) is 11.6 Å². The molecule has 0 saturated carbocycles. The van der Waals surface area contributed by atoms with Crippen molar-refractivity contribution in [2.45, 2.75) is 32.9 Å². The maximum atomic E-state index is 12.6. The molecule has 31 heavy (non-hydrogen) atoms. The molecular weight excluding hydrogens is 398 g/mol. The zero-order valence-corrected chi connectivity index (χ0v) is 17.7. The number of amides is 1. The molecule has 162 valence electrons. The van der Waals surface area contributed by atoms with Gasteiger partial charge in [-0.05, 0) is 35.7 Å². The molecule has 2 aromatic carbocycles. The average molecular weight is 423 g/mol. The molecule has 3 aromatic rings. The van der Waals surface area contributed by atoms with Crippen LogP contribution in [0.1, 0.15) is 25.3 Å². The number of nitrogens with zero attached hydrogens (tertiary/aromatic N) is 2. The van der Waals surface area contributed by atoms with E-state index in [1.807, 2.05) is 44.2 Å². The number of benzene rings is 2. The number of hydrogen-bond donors (Lipinski definition) is 1. The lowest BCUT2D eigenvalue weighted by Crippen LogP contribution is -2.45. The van der Waals surface area contributed by atoms with Crippen LogP contribution in [-0.4, -0.2) is 35.2 Å². The van der Waals surface area contributed by atoms with Crippen molar-refractivity contribution in [3.05, 3.63) is 66.1 Å². The number of ether oxygens (including phenoxy) is 2. The van der Waals surface area contributed by atoms with Crippen LogP contribution < -0.4 is 10.1 Å². The molecule has 8 nitrogen and oxygen atoms in total. The predicted molar refractivity (Wildman–Crippen MR) is 113 cm³/mol. The molecule has 0 spiro atoms. The first-order valence-corrected chi connectivity index (χ1v) is 9.93. The first kappa shape index (κ1) is 22.0. The Balaban J connectivity index is 1.56. The van der Waals surface area contributed by atoms with E-state index < -0.39 is 12.0 Å². The summed E-state index contributed by atoms with van der Waals surface area (Å²) in [7, 11) is 1.59. The summed E-state index contributed by atoms with van der Waals surface area (Å²) in [6.45, 7) is 3.49. The summed E-state index contributed by atoms with van der Waals surface area (Å²) < 4.78 is 16.0. The maximum Gasteiger partial charge on any atom is 0.329 e. The third-order valence-corrected chi connectivity index (χ3v) is 4.59. The Kier molecular flexibility index (Phi) is 7.37. The predicted octanol–water partition coefficient (Wildman–Crippen LogP) is 3.17. The van der Waals surface area contributed by atoms with Crippen molar-refractivity contribution >= 4 is 11.9 Å². The van der Waals surface area contributed by atoms with Gasteiger partial charge in [0.05, 0.1) is 13.5 Å². The standard InChI is InChI=1S/C23H25N3O5/c1-15(2)21(24-19(27)13-16-7-5-4-6-8-16)23(28)30-14-20-25-26-22(31-20)17-9-11-18(29-3)12-10-17/h4-12,15,21H,13-14H2,1-3H3,(H,24,27)/t21-/m0/s1. The molecule has 0 bridgehead atoms. The molecule has 1 amide bonds. The van der Waals surface area contributed by atoms with E-state index in [1.54, 1.807) is 31.4 Å². The molecule has 0 unspecified atom stereocenters. The Hall–Kier alpha value is -3.68. The number of rotatable bonds is 9. The summed E-state index contributed by atoms with van der Waals surface area (Å²) in [5, 5.41) is 10.6. The third-order valence-electron chi connectivity index (χ3n) is 4.59. The first-order valence-electron chi connectivity index (χ1n) is 9.93. The number of carbonyl (C=O) groups excluding carboxylic acids is 2. The van der Waals surface area contributed by atoms with E-state index in [-0.39, 0.29) is 30.7 Å². The van der Waals surface area contributed by atoms with Gasteiger partial charge < -0.3 is 19.2 Å². The van der Waals surface area contributed by atoms with Crippen LogP contribution in [0.4, 0.5) is 0 Å². The van der Waals surface area contributed by atoms with E-state index >= 15 is 0 Å². The molecule has 3 rings (SSSR count). The Morgan fingerprint density at radius 2 is 1.74 bits per heavy atom. The molecule has 1 atom stereocenters. The van der Waals surface area contributed by atoms with Gasteiger partial charge in [0.2, 0.25) is 11.8 Å². The highest BCUT2D eigenvalue weighted by molar-refractivity contribution is 5.85. The Morgan fingerprint density at radius 1 is 1.03 bits per heavy atom. The van der Waals surface area contributed by atoms with E-state index in [9.17, 15) is 9.59 Å². The smallest absolute Gasteiger partial charge is 0.329 e. The van der Waals surface area contributed by atoms with Crippen LogP contribution in [0.5, 0.6) is 5.75 Å². The fourth-order valence-electron chi connectivity index (χ4n) is 2.89. The summed E-state index contributed by atoms with van der Waals surface area (Å²) >= 11 is 0. The van der Waals surface area contributed by atoms with Crippen LogP contribution in [0.25, 0.3) is 11.5 Å². The first-order chi connectivity index (χ1) is 15.0. The second-order valence-electron chi connectivity index (χ2n) is 7.29. The van der Waals surface area contributed by atoms with Crippen molar-refractivity contribution in [1.82, 2.24) is 15.5 Å². The molecular formula is C23H25N3O5. The minimum Gasteiger partial charge on any atom is -0.497 e. The number of hydrogen-bond acceptors (Lipinski definition) is 7. The lowest BCUT2D eigenvalue weighted by molar-refractivity contribution is -0.151. The molecule has 0 fully saturated rings. The van der Waals surface area contributed by atoms with Gasteiger partial charge in [-0.3, -0.25) is 4.79 Å². The Morgan fingerprint density at radius 3 is 2.39 bits per heavy atom. The van der Waals surface area contributed by atoms with E-state index in [0.717, 1.165) is 11.1 Å². The van der Waals surface area contributed by atoms with E-state index in [1.165, 1.54) is 0 Å². The van der Waals surface area contributed by atoms with Crippen molar-refractivity contribution in [3.63, 3.8) is 0 Å². The van der Waals surface area contributed by atoms with Gasteiger partial charge >= 0.3 is 5.97 Å². The lowest BCUT2D eigenvalue weighted by atomic mass is 10.0. The minimum atomic E-state index is -0.778. The molecule has 1 aromatic heterocycles. The topological polar surface area (TPSA) is 104 Å². The van der Waals surface area contributed by atoms with Gasteiger partial charge in [-0.2, -0.15) is 0 Å². The normalized spacial score (nSPS) is 11.7. The maximum absolute atomic E-state index is 12.6. The average Bonchev–Trinajstić information content (AvgIpc) is 3.25. The second kappa shape index (κ2) is 10.4. The van der Waals surface area contributed by atoms with Crippen LogP contribution >= 0.6 is 0 Å². The third kappa shape index (κ3) is 6.15. The molecule has 0 aliphatic heterocycles. The molecule has 1 N–H and O–H groups in total.